The van der Waals surface area contributed by atoms with E-state index in [1.165, 1.54) is 20.3 Å². The Balaban J connectivity index is 2.16. The summed E-state index contributed by atoms with van der Waals surface area (Å²) in [5.74, 6) is -1.25. The van der Waals surface area contributed by atoms with Gasteiger partial charge in [-0.25, -0.2) is 8.78 Å². The molecular formula is C14H20F2N2O2. The second-order valence-corrected chi connectivity index (χ2v) is 4.73. The van der Waals surface area contributed by atoms with Crippen LogP contribution in [0.5, 0.6) is 11.5 Å². The van der Waals surface area contributed by atoms with E-state index in [1.54, 1.807) is 0 Å². The van der Waals surface area contributed by atoms with E-state index in [9.17, 15) is 8.78 Å². The number of halogens is 2. The van der Waals surface area contributed by atoms with E-state index in [-0.39, 0.29) is 17.1 Å². The van der Waals surface area contributed by atoms with Crippen LogP contribution in [0.25, 0.3) is 0 Å². The van der Waals surface area contributed by atoms with Crippen LogP contribution in [-0.4, -0.2) is 51.8 Å². The number of ether oxygens (including phenoxy) is 2. The van der Waals surface area contributed by atoms with Gasteiger partial charge in [0.05, 0.1) is 14.2 Å². The SMILES string of the molecule is COc1cc(OC)c(F)c(CCN2CCNCC2)c1F. The minimum atomic E-state index is -0.638. The van der Waals surface area contributed by atoms with Crippen molar-refractivity contribution in [2.24, 2.45) is 0 Å². The Kier molecular flexibility index (Phi) is 5.14. The molecule has 1 aliphatic heterocycles. The molecule has 1 fully saturated rings. The van der Waals surface area contributed by atoms with E-state index in [4.69, 9.17) is 9.47 Å². The summed E-state index contributed by atoms with van der Waals surface area (Å²) in [6.07, 6.45) is 0.297. The zero-order valence-electron chi connectivity index (χ0n) is 11.8. The molecule has 0 aromatic heterocycles. The number of nitrogens with one attached hydrogen (secondary N) is 1. The van der Waals surface area contributed by atoms with Crippen LogP contribution in [-0.2, 0) is 6.42 Å². The molecule has 1 heterocycles. The maximum atomic E-state index is 14.2. The van der Waals surface area contributed by atoms with Gasteiger partial charge in [-0.1, -0.05) is 0 Å². The number of hydrogen-bond donors (Lipinski definition) is 1. The fourth-order valence-corrected chi connectivity index (χ4v) is 2.36. The summed E-state index contributed by atoms with van der Waals surface area (Å²) in [6, 6.07) is 1.24. The zero-order chi connectivity index (χ0) is 14.5. The van der Waals surface area contributed by atoms with Crippen molar-refractivity contribution in [1.29, 1.82) is 0 Å². The summed E-state index contributed by atoms with van der Waals surface area (Å²) in [7, 11) is 2.71. The smallest absolute Gasteiger partial charge is 0.171 e. The minimum Gasteiger partial charge on any atom is -0.494 e. The van der Waals surface area contributed by atoms with Gasteiger partial charge in [0.1, 0.15) is 0 Å². The molecule has 0 unspecified atom stereocenters. The molecule has 0 amide bonds. The third-order valence-corrected chi connectivity index (χ3v) is 3.55. The molecule has 1 saturated heterocycles. The Labute approximate surface area is 117 Å². The average molecular weight is 286 g/mol. The van der Waals surface area contributed by atoms with E-state index in [1.807, 2.05) is 0 Å². The van der Waals surface area contributed by atoms with Gasteiger partial charge >= 0.3 is 0 Å². The average Bonchev–Trinajstić information content (AvgIpc) is 2.48. The van der Waals surface area contributed by atoms with Gasteiger partial charge in [-0.2, -0.15) is 0 Å². The van der Waals surface area contributed by atoms with Crippen molar-refractivity contribution in [3.63, 3.8) is 0 Å². The van der Waals surface area contributed by atoms with Crippen molar-refractivity contribution in [2.75, 3.05) is 46.9 Å². The molecule has 6 heteroatoms. The monoisotopic (exact) mass is 286 g/mol. The molecule has 20 heavy (non-hydrogen) atoms. The van der Waals surface area contributed by atoms with Crippen LogP contribution in [0, 0.1) is 11.6 Å². The van der Waals surface area contributed by atoms with E-state index in [0.717, 1.165) is 26.2 Å². The third kappa shape index (κ3) is 3.19. The summed E-state index contributed by atoms with van der Waals surface area (Å²) in [4.78, 5) is 2.18. The molecule has 0 bridgehead atoms. The highest BCUT2D eigenvalue weighted by molar-refractivity contribution is 5.42. The summed E-state index contributed by atoms with van der Waals surface area (Å²) in [6.45, 7) is 4.22. The Bertz CT molecular complexity index is 435. The lowest BCUT2D eigenvalue weighted by molar-refractivity contribution is 0.241. The quantitative estimate of drug-likeness (QED) is 0.888. The first-order valence-corrected chi connectivity index (χ1v) is 6.69. The molecular weight excluding hydrogens is 266 g/mol. The molecule has 4 nitrogen and oxygen atoms in total. The van der Waals surface area contributed by atoms with Crippen LogP contribution >= 0.6 is 0 Å². The van der Waals surface area contributed by atoms with E-state index < -0.39 is 11.6 Å². The van der Waals surface area contributed by atoms with Gasteiger partial charge in [0.2, 0.25) is 0 Å². The molecule has 0 saturated carbocycles. The molecule has 0 radical (unpaired) electrons. The summed E-state index contributed by atoms with van der Waals surface area (Å²) in [5.41, 5.74) is 0.0275. The maximum absolute atomic E-state index is 14.2. The zero-order valence-corrected chi connectivity index (χ0v) is 11.8. The number of benzene rings is 1. The van der Waals surface area contributed by atoms with Crippen LogP contribution in [0.4, 0.5) is 8.78 Å². The van der Waals surface area contributed by atoms with Crippen molar-refractivity contribution in [2.45, 2.75) is 6.42 Å². The van der Waals surface area contributed by atoms with Crippen LogP contribution < -0.4 is 14.8 Å². The van der Waals surface area contributed by atoms with E-state index >= 15 is 0 Å². The Hall–Kier alpha value is -1.40. The lowest BCUT2D eigenvalue weighted by atomic mass is 10.1. The van der Waals surface area contributed by atoms with Crippen LogP contribution in [0.15, 0.2) is 6.07 Å². The highest BCUT2D eigenvalue weighted by Gasteiger charge is 2.20. The molecule has 1 aromatic rings. The van der Waals surface area contributed by atoms with Gasteiger partial charge in [0.25, 0.3) is 0 Å². The van der Waals surface area contributed by atoms with Gasteiger partial charge in [-0.15, -0.1) is 0 Å². The maximum Gasteiger partial charge on any atom is 0.171 e. The molecule has 112 valence electrons. The number of piperazine rings is 1. The van der Waals surface area contributed by atoms with Gasteiger partial charge in [-0.05, 0) is 6.42 Å². The van der Waals surface area contributed by atoms with Crippen molar-refractivity contribution < 1.29 is 18.3 Å². The van der Waals surface area contributed by atoms with Crippen LogP contribution in [0.2, 0.25) is 0 Å². The van der Waals surface area contributed by atoms with Gasteiger partial charge in [-0.3, -0.25) is 0 Å². The van der Waals surface area contributed by atoms with Crippen molar-refractivity contribution in [1.82, 2.24) is 10.2 Å². The summed E-state index contributed by atoms with van der Waals surface area (Å²) in [5, 5.41) is 3.24. The molecule has 1 aliphatic rings. The fraction of sp³-hybridized carbons (Fsp3) is 0.571. The van der Waals surface area contributed by atoms with Crippen molar-refractivity contribution in [3.8, 4) is 11.5 Å². The lowest BCUT2D eigenvalue weighted by Crippen LogP contribution is -2.44. The number of nitrogens with zero attached hydrogens (tertiary/aromatic N) is 1. The number of methoxy groups -OCH3 is 2. The predicted molar refractivity (Wildman–Crippen MR) is 72.5 cm³/mol. The Morgan fingerprint density at radius 1 is 1.10 bits per heavy atom. The highest BCUT2D eigenvalue weighted by atomic mass is 19.1. The number of hydrogen-bond acceptors (Lipinski definition) is 4. The number of rotatable bonds is 5. The second kappa shape index (κ2) is 6.85. The fourth-order valence-electron chi connectivity index (χ4n) is 2.36. The first-order chi connectivity index (χ1) is 9.67. The third-order valence-electron chi connectivity index (χ3n) is 3.55. The largest absolute Gasteiger partial charge is 0.494 e. The minimum absolute atomic E-state index is 0.0126. The topological polar surface area (TPSA) is 33.7 Å². The lowest BCUT2D eigenvalue weighted by Gasteiger charge is -2.27. The van der Waals surface area contributed by atoms with E-state index in [2.05, 4.69) is 10.2 Å². The molecule has 1 N–H and O–H groups in total. The molecule has 0 aliphatic carbocycles. The first kappa shape index (κ1) is 15.0. The Morgan fingerprint density at radius 3 is 2.15 bits per heavy atom. The predicted octanol–water partition coefficient (Wildman–Crippen LogP) is 1.43. The van der Waals surface area contributed by atoms with Crippen LogP contribution in [0.1, 0.15) is 5.56 Å². The molecule has 2 rings (SSSR count). The normalized spacial score (nSPS) is 16.2. The van der Waals surface area contributed by atoms with Gasteiger partial charge < -0.3 is 19.7 Å². The summed E-state index contributed by atoms with van der Waals surface area (Å²) >= 11 is 0. The summed E-state index contributed by atoms with van der Waals surface area (Å²) < 4.78 is 38.2. The van der Waals surface area contributed by atoms with Gasteiger partial charge in [0.15, 0.2) is 23.1 Å². The van der Waals surface area contributed by atoms with Crippen molar-refractivity contribution >= 4 is 0 Å². The molecule has 0 spiro atoms. The second-order valence-electron chi connectivity index (χ2n) is 4.73. The molecule has 1 aromatic carbocycles. The first-order valence-electron chi connectivity index (χ1n) is 6.69. The Morgan fingerprint density at radius 2 is 1.65 bits per heavy atom. The standard InChI is InChI=1S/C14H20F2N2O2/c1-19-11-9-12(20-2)14(16)10(13(11)15)3-6-18-7-4-17-5-8-18/h9,17H,3-8H2,1-2H3. The highest BCUT2D eigenvalue weighted by Crippen LogP contribution is 2.31. The van der Waals surface area contributed by atoms with Crippen molar-refractivity contribution in [3.05, 3.63) is 23.3 Å². The van der Waals surface area contributed by atoms with Gasteiger partial charge in [0, 0.05) is 44.4 Å². The van der Waals surface area contributed by atoms with E-state index in [0.29, 0.717) is 13.0 Å². The molecule has 0 atom stereocenters. The van der Waals surface area contributed by atoms with Crippen LogP contribution in [0.3, 0.4) is 0 Å².